The van der Waals surface area contributed by atoms with E-state index >= 15 is 0 Å². The van der Waals surface area contributed by atoms with Crippen molar-refractivity contribution < 1.29 is 4.79 Å². The first-order chi connectivity index (χ1) is 10.1. The van der Waals surface area contributed by atoms with Crippen LogP contribution >= 0.6 is 0 Å². The van der Waals surface area contributed by atoms with E-state index in [1.807, 2.05) is 18.0 Å². The van der Waals surface area contributed by atoms with Crippen LogP contribution in [0, 0.1) is 0 Å². The molecular weight excluding hydrogens is 264 g/mol. The predicted octanol–water partition coefficient (Wildman–Crippen LogP) is 1.85. The zero-order valence-corrected chi connectivity index (χ0v) is 13.4. The lowest BCUT2D eigenvalue weighted by atomic mass is 10.1. The number of aromatic nitrogens is 2. The molecule has 5 heteroatoms. The Labute approximate surface area is 126 Å². The van der Waals surface area contributed by atoms with Gasteiger partial charge in [0, 0.05) is 32.7 Å². The summed E-state index contributed by atoms with van der Waals surface area (Å²) in [5.41, 5.74) is 1.73. The van der Waals surface area contributed by atoms with Crippen LogP contribution in [0.2, 0.25) is 0 Å². The molecule has 0 aromatic carbocycles. The number of carbonyl (C=O) groups is 1. The second kappa shape index (κ2) is 5.79. The standard InChI is InChI=1S/C16H26N4O/c1-12(2)14-10-15(18(3)17-14)16(21)20-9-5-8-19-7-4-6-13(19)11-20/h10,12-13H,4-9,11H2,1-3H3. The number of hydrogen-bond acceptors (Lipinski definition) is 3. The molecule has 1 aromatic heterocycles. The van der Waals surface area contributed by atoms with E-state index in [-0.39, 0.29) is 5.91 Å². The summed E-state index contributed by atoms with van der Waals surface area (Å²) in [7, 11) is 1.87. The molecule has 1 amide bonds. The van der Waals surface area contributed by atoms with Gasteiger partial charge in [-0.15, -0.1) is 0 Å². The van der Waals surface area contributed by atoms with Gasteiger partial charge in [-0.3, -0.25) is 14.4 Å². The molecule has 1 unspecified atom stereocenters. The molecular formula is C16H26N4O. The quantitative estimate of drug-likeness (QED) is 0.835. The Kier molecular flexibility index (Phi) is 4.02. The molecule has 2 aliphatic heterocycles. The topological polar surface area (TPSA) is 41.4 Å². The lowest BCUT2D eigenvalue weighted by molar-refractivity contribution is 0.0732. The average Bonchev–Trinajstić information content (AvgIpc) is 2.99. The lowest BCUT2D eigenvalue weighted by Crippen LogP contribution is -2.40. The Balaban J connectivity index is 1.77. The number of carbonyl (C=O) groups excluding carboxylic acids is 1. The Morgan fingerprint density at radius 1 is 1.29 bits per heavy atom. The van der Waals surface area contributed by atoms with Crippen LogP contribution in [0.25, 0.3) is 0 Å². The summed E-state index contributed by atoms with van der Waals surface area (Å²) in [5, 5.41) is 4.47. The summed E-state index contributed by atoms with van der Waals surface area (Å²) in [5.74, 6) is 0.498. The highest BCUT2D eigenvalue weighted by Crippen LogP contribution is 2.23. The number of fused-ring (bicyclic) bond motifs is 1. The van der Waals surface area contributed by atoms with Gasteiger partial charge in [0.2, 0.25) is 0 Å². The van der Waals surface area contributed by atoms with E-state index in [2.05, 4.69) is 23.8 Å². The van der Waals surface area contributed by atoms with Crippen molar-refractivity contribution in [3.8, 4) is 0 Å². The monoisotopic (exact) mass is 290 g/mol. The van der Waals surface area contributed by atoms with Gasteiger partial charge in [0.25, 0.3) is 5.91 Å². The van der Waals surface area contributed by atoms with Crippen LogP contribution < -0.4 is 0 Å². The molecule has 3 heterocycles. The van der Waals surface area contributed by atoms with Crippen LogP contribution in [0.4, 0.5) is 0 Å². The highest BCUT2D eigenvalue weighted by Gasteiger charge is 2.31. The maximum absolute atomic E-state index is 12.8. The molecule has 1 aromatic rings. The predicted molar refractivity (Wildman–Crippen MR) is 82.4 cm³/mol. The third-order valence-corrected chi connectivity index (χ3v) is 4.80. The molecule has 0 saturated carbocycles. The van der Waals surface area contributed by atoms with Gasteiger partial charge in [-0.05, 0) is 37.8 Å². The van der Waals surface area contributed by atoms with Gasteiger partial charge in [0.1, 0.15) is 5.69 Å². The highest BCUT2D eigenvalue weighted by atomic mass is 16.2. The molecule has 0 bridgehead atoms. The Morgan fingerprint density at radius 3 is 2.76 bits per heavy atom. The van der Waals surface area contributed by atoms with Gasteiger partial charge in [-0.25, -0.2) is 0 Å². The molecule has 116 valence electrons. The number of amides is 1. The number of hydrogen-bond donors (Lipinski definition) is 0. The van der Waals surface area contributed by atoms with Crippen molar-refractivity contribution in [2.24, 2.45) is 7.05 Å². The minimum atomic E-state index is 0.144. The highest BCUT2D eigenvalue weighted by molar-refractivity contribution is 5.92. The van der Waals surface area contributed by atoms with E-state index in [1.54, 1.807) is 4.68 Å². The van der Waals surface area contributed by atoms with Gasteiger partial charge in [-0.1, -0.05) is 13.8 Å². The van der Waals surface area contributed by atoms with E-state index in [1.165, 1.54) is 19.4 Å². The Hall–Kier alpha value is -1.36. The first kappa shape index (κ1) is 14.6. The molecule has 5 nitrogen and oxygen atoms in total. The van der Waals surface area contributed by atoms with Crippen molar-refractivity contribution in [1.29, 1.82) is 0 Å². The summed E-state index contributed by atoms with van der Waals surface area (Å²) in [6.45, 7) is 8.31. The lowest BCUT2D eigenvalue weighted by Gasteiger charge is -2.25. The third kappa shape index (κ3) is 2.84. The fourth-order valence-corrected chi connectivity index (χ4v) is 3.52. The molecule has 3 rings (SSSR count). The van der Waals surface area contributed by atoms with Gasteiger partial charge >= 0.3 is 0 Å². The van der Waals surface area contributed by atoms with Gasteiger partial charge in [0.05, 0.1) is 5.69 Å². The van der Waals surface area contributed by atoms with Crippen molar-refractivity contribution in [2.75, 3.05) is 26.2 Å². The maximum Gasteiger partial charge on any atom is 0.272 e. The number of rotatable bonds is 2. The van der Waals surface area contributed by atoms with Crippen LogP contribution in [-0.2, 0) is 7.05 Å². The van der Waals surface area contributed by atoms with E-state index in [0.29, 0.717) is 12.0 Å². The molecule has 0 aliphatic carbocycles. The molecule has 0 spiro atoms. The molecule has 21 heavy (non-hydrogen) atoms. The van der Waals surface area contributed by atoms with Crippen molar-refractivity contribution in [2.45, 2.75) is 45.1 Å². The van der Waals surface area contributed by atoms with Crippen molar-refractivity contribution in [3.63, 3.8) is 0 Å². The molecule has 2 aliphatic rings. The smallest absolute Gasteiger partial charge is 0.272 e. The Morgan fingerprint density at radius 2 is 2.05 bits per heavy atom. The number of nitrogens with zero attached hydrogens (tertiary/aromatic N) is 4. The second-order valence-corrected chi connectivity index (χ2v) is 6.67. The van der Waals surface area contributed by atoms with Gasteiger partial charge in [-0.2, -0.15) is 5.10 Å². The first-order valence-electron chi connectivity index (χ1n) is 8.13. The minimum absolute atomic E-state index is 0.144. The molecule has 2 saturated heterocycles. The molecule has 1 atom stereocenters. The van der Waals surface area contributed by atoms with Crippen LogP contribution in [0.15, 0.2) is 6.07 Å². The van der Waals surface area contributed by atoms with Crippen LogP contribution in [0.5, 0.6) is 0 Å². The molecule has 0 radical (unpaired) electrons. The van der Waals surface area contributed by atoms with Crippen molar-refractivity contribution in [3.05, 3.63) is 17.5 Å². The fourth-order valence-electron chi connectivity index (χ4n) is 3.52. The molecule has 2 fully saturated rings. The van der Waals surface area contributed by atoms with E-state index < -0.39 is 0 Å². The SMILES string of the molecule is CC(C)c1cc(C(=O)N2CCCN3CCCC3C2)n(C)n1. The largest absolute Gasteiger partial charge is 0.336 e. The fraction of sp³-hybridized carbons (Fsp3) is 0.750. The second-order valence-electron chi connectivity index (χ2n) is 6.67. The van der Waals surface area contributed by atoms with E-state index in [0.717, 1.165) is 37.4 Å². The minimum Gasteiger partial charge on any atom is -0.336 e. The van der Waals surface area contributed by atoms with Crippen molar-refractivity contribution >= 4 is 5.91 Å². The molecule has 0 N–H and O–H groups in total. The van der Waals surface area contributed by atoms with Crippen LogP contribution in [0.3, 0.4) is 0 Å². The van der Waals surface area contributed by atoms with Gasteiger partial charge in [0.15, 0.2) is 0 Å². The third-order valence-electron chi connectivity index (χ3n) is 4.80. The normalized spacial score (nSPS) is 23.4. The number of aryl methyl sites for hydroxylation is 1. The summed E-state index contributed by atoms with van der Waals surface area (Å²) in [6, 6.07) is 2.53. The van der Waals surface area contributed by atoms with E-state index in [9.17, 15) is 4.79 Å². The summed E-state index contributed by atoms with van der Waals surface area (Å²) >= 11 is 0. The van der Waals surface area contributed by atoms with Crippen LogP contribution in [0.1, 0.15) is 55.2 Å². The van der Waals surface area contributed by atoms with Gasteiger partial charge < -0.3 is 4.90 Å². The maximum atomic E-state index is 12.8. The average molecular weight is 290 g/mol. The summed E-state index contributed by atoms with van der Waals surface area (Å²) < 4.78 is 1.75. The first-order valence-corrected chi connectivity index (χ1v) is 8.13. The van der Waals surface area contributed by atoms with Crippen molar-refractivity contribution in [1.82, 2.24) is 19.6 Å². The summed E-state index contributed by atoms with van der Waals surface area (Å²) in [6.07, 6.45) is 3.58. The zero-order valence-electron chi connectivity index (χ0n) is 13.4. The summed E-state index contributed by atoms with van der Waals surface area (Å²) in [4.78, 5) is 17.4. The Bertz CT molecular complexity index is 522. The van der Waals surface area contributed by atoms with E-state index in [4.69, 9.17) is 0 Å². The zero-order chi connectivity index (χ0) is 15.0. The van der Waals surface area contributed by atoms with Crippen LogP contribution in [-0.4, -0.2) is 57.7 Å².